The van der Waals surface area contributed by atoms with E-state index < -0.39 is 0 Å². The number of nitriles is 1. The molecule has 0 spiro atoms. The summed E-state index contributed by atoms with van der Waals surface area (Å²) in [5, 5.41) is 12.1. The number of hydrogen-bond acceptors (Lipinski definition) is 8. The topological polar surface area (TPSA) is 88.8 Å². The summed E-state index contributed by atoms with van der Waals surface area (Å²) in [6.07, 6.45) is 6.45. The van der Waals surface area contributed by atoms with E-state index in [1.54, 1.807) is 4.90 Å². The Hall–Kier alpha value is -4.16. The van der Waals surface area contributed by atoms with Gasteiger partial charge in [-0.05, 0) is 74.6 Å². The molecule has 234 valence electrons. The maximum atomic E-state index is 12.6. The van der Waals surface area contributed by atoms with E-state index >= 15 is 0 Å². The van der Waals surface area contributed by atoms with Crippen molar-refractivity contribution in [2.24, 2.45) is 11.8 Å². The number of aromatic nitrogens is 2. The molecule has 2 aromatic carbocycles. The van der Waals surface area contributed by atoms with Gasteiger partial charge in [-0.25, -0.2) is 0 Å². The van der Waals surface area contributed by atoms with Crippen LogP contribution in [0.4, 0.5) is 11.5 Å². The highest BCUT2D eigenvalue weighted by atomic mass is 16.5. The molecule has 1 aromatic heterocycles. The Kier molecular flexibility index (Phi) is 8.09. The summed E-state index contributed by atoms with van der Waals surface area (Å²) in [5.41, 5.74) is 4.61. The molecule has 9 nitrogen and oxygen atoms in total. The van der Waals surface area contributed by atoms with Gasteiger partial charge in [-0.2, -0.15) is 15.2 Å². The van der Waals surface area contributed by atoms with Crippen LogP contribution < -0.4 is 14.5 Å². The first kappa shape index (κ1) is 29.5. The summed E-state index contributed by atoms with van der Waals surface area (Å²) in [6.45, 7) is 10.4. The van der Waals surface area contributed by atoms with Gasteiger partial charge in [-0.15, -0.1) is 0 Å². The van der Waals surface area contributed by atoms with Crippen molar-refractivity contribution < 1.29 is 9.53 Å². The van der Waals surface area contributed by atoms with Crippen LogP contribution >= 0.6 is 0 Å². The van der Waals surface area contributed by atoms with Crippen molar-refractivity contribution in [2.75, 3.05) is 56.2 Å². The molecule has 7 rings (SSSR count). The van der Waals surface area contributed by atoms with Crippen LogP contribution in [0.15, 0.2) is 49.1 Å². The van der Waals surface area contributed by atoms with Gasteiger partial charge in [0.15, 0.2) is 0 Å². The molecule has 3 fully saturated rings. The van der Waals surface area contributed by atoms with Crippen LogP contribution in [0.3, 0.4) is 0 Å². The second-order valence-electron chi connectivity index (χ2n) is 13.3. The average Bonchev–Trinajstić information content (AvgIpc) is 3.67. The molecule has 2 aliphatic heterocycles. The second kappa shape index (κ2) is 12.3. The van der Waals surface area contributed by atoms with E-state index in [9.17, 15) is 10.1 Å². The zero-order valence-corrected chi connectivity index (χ0v) is 26.5. The maximum absolute atomic E-state index is 12.6. The number of carbonyl (C=O) groups excluding carboxylic acids is 1. The number of fused-ring (bicyclic) bond motifs is 3. The predicted molar refractivity (Wildman–Crippen MR) is 176 cm³/mol. The number of likely N-dealkylation sites (N-methyl/N-ethyl adjacent to an activating group) is 1. The molecule has 9 heteroatoms. The molecule has 1 saturated heterocycles. The van der Waals surface area contributed by atoms with Crippen molar-refractivity contribution >= 4 is 28.2 Å². The fraction of sp³-hybridized carbons (Fsp3) is 0.500. The third-order valence-electron chi connectivity index (χ3n) is 10.5. The lowest BCUT2D eigenvalue weighted by Gasteiger charge is -2.42. The van der Waals surface area contributed by atoms with Crippen molar-refractivity contribution in [1.29, 1.82) is 5.26 Å². The molecular weight excluding hydrogens is 562 g/mol. The van der Waals surface area contributed by atoms with Crippen LogP contribution in [0, 0.1) is 30.1 Å². The molecule has 1 amide bonds. The fourth-order valence-electron chi connectivity index (χ4n) is 7.93. The molecule has 0 N–H and O–H groups in total. The van der Waals surface area contributed by atoms with Gasteiger partial charge in [-0.3, -0.25) is 4.79 Å². The molecule has 2 saturated carbocycles. The molecule has 3 aromatic rings. The van der Waals surface area contributed by atoms with Gasteiger partial charge in [-0.1, -0.05) is 36.9 Å². The Morgan fingerprint density at radius 2 is 1.91 bits per heavy atom. The molecule has 0 radical (unpaired) electrons. The van der Waals surface area contributed by atoms with E-state index in [0.29, 0.717) is 44.8 Å². The van der Waals surface area contributed by atoms with Crippen molar-refractivity contribution in [2.45, 2.75) is 57.7 Å². The first-order chi connectivity index (χ1) is 21.9. The molecule has 4 aliphatic rings. The first-order valence-corrected chi connectivity index (χ1v) is 16.4. The molecule has 45 heavy (non-hydrogen) atoms. The lowest BCUT2D eigenvalue weighted by Crippen LogP contribution is -2.55. The van der Waals surface area contributed by atoms with Gasteiger partial charge in [0, 0.05) is 55.4 Å². The first-order valence-electron chi connectivity index (χ1n) is 16.4. The van der Waals surface area contributed by atoms with Crippen LogP contribution in [-0.2, 0) is 17.8 Å². The van der Waals surface area contributed by atoms with Gasteiger partial charge in [0.05, 0.1) is 30.8 Å². The van der Waals surface area contributed by atoms with E-state index in [-0.39, 0.29) is 18.4 Å². The monoisotopic (exact) mass is 605 g/mol. The number of hydrogen-bond donors (Lipinski definition) is 0. The summed E-state index contributed by atoms with van der Waals surface area (Å²) in [7, 11) is 2.21. The average molecular weight is 606 g/mol. The van der Waals surface area contributed by atoms with E-state index in [4.69, 9.17) is 14.7 Å². The van der Waals surface area contributed by atoms with Gasteiger partial charge >= 0.3 is 6.01 Å². The van der Waals surface area contributed by atoms with Crippen molar-refractivity contribution in [1.82, 2.24) is 19.8 Å². The van der Waals surface area contributed by atoms with Crippen molar-refractivity contribution in [3.63, 3.8) is 0 Å². The molecule has 2 unspecified atom stereocenters. The number of rotatable bonds is 9. The lowest BCUT2D eigenvalue weighted by molar-refractivity contribution is -0.128. The van der Waals surface area contributed by atoms with Crippen LogP contribution in [0.25, 0.3) is 10.8 Å². The molecule has 3 atom stereocenters. The van der Waals surface area contributed by atoms with E-state index in [1.807, 2.05) is 0 Å². The van der Waals surface area contributed by atoms with Crippen molar-refractivity contribution in [3.8, 4) is 12.1 Å². The Morgan fingerprint density at radius 1 is 1.11 bits per heavy atom. The Morgan fingerprint density at radius 3 is 2.69 bits per heavy atom. The molecule has 2 aliphatic carbocycles. The summed E-state index contributed by atoms with van der Waals surface area (Å²) < 4.78 is 6.31. The lowest BCUT2D eigenvalue weighted by atomic mass is 9.99. The standard InChI is InChI=1S/C36H43N7O2/c1-4-33(44)43-16-15-42(22-28(43)11-13-37)35-30-12-14-41(32-10-6-9-25-8-5-7-24(2)34(25)32)23-31(30)38-36(39-35)45-18-17-40(3)29-20-26-19-27(26)21-29/h4-10,26-29H,1,11-12,14-23H2,2-3H3/t26?,27?,28-,29?/m0/s1. The predicted octanol–water partition coefficient (Wildman–Crippen LogP) is 4.73. The number of anilines is 2. The smallest absolute Gasteiger partial charge is 0.318 e. The van der Waals surface area contributed by atoms with Gasteiger partial charge in [0.1, 0.15) is 12.4 Å². The quantitative estimate of drug-likeness (QED) is 0.324. The second-order valence-corrected chi connectivity index (χ2v) is 13.3. The number of nitrogens with zero attached hydrogens (tertiary/aromatic N) is 7. The van der Waals surface area contributed by atoms with Gasteiger partial charge in [0.25, 0.3) is 0 Å². The number of amides is 1. The Balaban J connectivity index is 1.16. The Labute approximate surface area is 266 Å². The number of carbonyl (C=O) groups is 1. The summed E-state index contributed by atoms with van der Waals surface area (Å²) >= 11 is 0. The zero-order valence-electron chi connectivity index (χ0n) is 26.5. The van der Waals surface area contributed by atoms with Crippen LogP contribution in [0.5, 0.6) is 6.01 Å². The Bertz CT molecular complexity index is 1640. The normalized spacial score (nSPS) is 23.9. The number of benzene rings is 2. The minimum absolute atomic E-state index is 0.131. The van der Waals surface area contributed by atoms with Gasteiger partial charge < -0.3 is 24.3 Å². The molecular formula is C36H43N7O2. The summed E-state index contributed by atoms with van der Waals surface area (Å²) in [5.74, 6) is 2.64. The van der Waals surface area contributed by atoms with Crippen molar-refractivity contribution in [3.05, 3.63) is 65.9 Å². The number of aryl methyl sites for hydroxylation is 1. The number of piperazine rings is 1. The van der Waals surface area contributed by atoms with Gasteiger partial charge in [0.2, 0.25) is 5.91 Å². The van der Waals surface area contributed by atoms with Crippen LogP contribution in [0.1, 0.15) is 42.5 Å². The third kappa shape index (κ3) is 5.84. The largest absolute Gasteiger partial charge is 0.462 e. The zero-order chi connectivity index (χ0) is 31.1. The molecule has 3 heterocycles. The summed E-state index contributed by atoms with van der Waals surface area (Å²) in [6, 6.07) is 16.1. The molecule has 0 bridgehead atoms. The van der Waals surface area contributed by atoms with E-state index in [2.05, 4.69) is 77.7 Å². The fourth-order valence-corrected chi connectivity index (χ4v) is 7.93. The summed E-state index contributed by atoms with van der Waals surface area (Å²) in [4.78, 5) is 31.5. The highest BCUT2D eigenvalue weighted by Crippen LogP contribution is 2.52. The van der Waals surface area contributed by atoms with Crippen LogP contribution in [0.2, 0.25) is 0 Å². The maximum Gasteiger partial charge on any atom is 0.318 e. The SMILES string of the molecule is C=CC(=O)N1CCN(c2nc(OCCN(C)C3CC4CC4C3)nc3c2CCN(c2cccc4cccc(C)c24)C3)C[C@@H]1CC#N. The van der Waals surface area contributed by atoms with Crippen LogP contribution in [-0.4, -0.2) is 84.1 Å². The third-order valence-corrected chi connectivity index (χ3v) is 10.5. The minimum Gasteiger partial charge on any atom is -0.462 e. The van der Waals surface area contributed by atoms with E-state index in [0.717, 1.165) is 48.4 Å². The highest BCUT2D eigenvalue weighted by molar-refractivity contribution is 5.97. The minimum atomic E-state index is -0.228. The highest BCUT2D eigenvalue weighted by Gasteiger charge is 2.46. The van der Waals surface area contributed by atoms with E-state index in [1.165, 1.54) is 47.4 Å². The number of ether oxygens (including phenoxy) is 1.